The molecule has 0 saturated carbocycles. The molecule has 0 radical (unpaired) electrons. The van der Waals surface area contributed by atoms with Crippen LogP contribution in [0.2, 0.25) is 10.0 Å². The van der Waals surface area contributed by atoms with Gasteiger partial charge in [0.15, 0.2) is 0 Å². The van der Waals surface area contributed by atoms with E-state index >= 15 is 0 Å². The number of benzene rings is 2. The van der Waals surface area contributed by atoms with Gasteiger partial charge in [-0.3, -0.25) is 20.8 Å². The van der Waals surface area contributed by atoms with Crippen LogP contribution in [0.15, 0.2) is 42.5 Å². The monoisotopic (exact) mass is 379 g/mol. The average molecular weight is 380 g/mol. The molecule has 2 aromatic carbocycles. The van der Waals surface area contributed by atoms with Gasteiger partial charge in [-0.1, -0.05) is 41.4 Å². The van der Waals surface area contributed by atoms with E-state index in [9.17, 15) is 9.59 Å². The van der Waals surface area contributed by atoms with Crippen LogP contribution in [-0.4, -0.2) is 18.0 Å². The third-order valence-corrected chi connectivity index (χ3v) is 3.80. The third kappa shape index (κ3) is 5.77. The average Bonchev–Trinajstić information content (AvgIpc) is 2.50. The highest BCUT2D eigenvalue weighted by atomic mass is 35.5. The highest BCUT2D eigenvalue weighted by Crippen LogP contribution is 2.24. The zero-order chi connectivity index (χ0) is 18.4. The van der Waals surface area contributed by atoms with Crippen LogP contribution in [0.1, 0.15) is 11.1 Å². The molecule has 130 valence electrons. The van der Waals surface area contributed by atoms with Crippen LogP contribution in [0.3, 0.4) is 0 Å². The molecule has 0 bridgehead atoms. The molecule has 0 spiro atoms. The second-order valence-corrected chi connectivity index (χ2v) is 5.95. The Morgan fingerprint density at radius 3 is 2.36 bits per heavy atom. The first-order valence-electron chi connectivity index (χ1n) is 7.22. The van der Waals surface area contributed by atoms with Gasteiger partial charge in [0.05, 0.1) is 6.42 Å². The Hall–Kier alpha value is -2.57. The number of hydrogen-bond donors (Lipinski definition) is 3. The second-order valence-electron chi connectivity index (χ2n) is 5.13. The van der Waals surface area contributed by atoms with Crippen LogP contribution in [-0.2, 0) is 11.2 Å². The summed E-state index contributed by atoms with van der Waals surface area (Å²) in [5, 5.41) is 12.7. The molecular formula is C17H15Cl2N3O3. The van der Waals surface area contributed by atoms with Gasteiger partial charge in [0.1, 0.15) is 5.75 Å². The standard InChI is InChI=1S/C17H15Cl2N3O3/c1-10-4-2-5-11(8-10)25-17(24)22-16(20)21-15(23)9-12-13(18)6-3-7-14(12)19/h2-8H,9H2,1H3,(H3,20,21,22,23,24). The molecule has 25 heavy (non-hydrogen) atoms. The molecule has 3 N–H and O–H groups in total. The molecule has 0 fully saturated rings. The maximum atomic E-state index is 12.0. The quantitative estimate of drug-likeness (QED) is 0.560. The summed E-state index contributed by atoms with van der Waals surface area (Å²) in [7, 11) is 0. The van der Waals surface area contributed by atoms with Crippen molar-refractivity contribution in [3.63, 3.8) is 0 Å². The molecule has 2 rings (SSSR count). The summed E-state index contributed by atoms with van der Waals surface area (Å²) in [6.45, 7) is 1.85. The molecule has 0 aromatic heterocycles. The van der Waals surface area contributed by atoms with E-state index in [4.69, 9.17) is 33.3 Å². The van der Waals surface area contributed by atoms with E-state index in [0.717, 1.165) is 5.56 Å². The Labute approximate surface area is 154 Å². The molecular weight excluding hydrogens is 365 g/mol. The van der Waals surface area contributed by atoms with E-state index in [1.807, 2.05) is 13.0 Å². The summed E-state index contributed by atoms with van der Waals surface area (Å²) in [4.78, 5) is 23.7. The lowest BCUT2D eigenvalue weighted by Gasteiger charge is -2.10. The second kappa shape index (κ2) is 8.50. The zero-order valence-electron chi connectivity index (χ0n) is 13.2. The van der Waals surface area contributed by atoms with Gasteiger partial charge in [0, 0.05) is 10.0 Å². The fourth-order valence-electron chi connectivity index (χ4n) is 1.99. The molecule has 0 aliphatic rings. The van der Waals surface area contributed by atoms with Crippen LogP contribution in [0.4, 0.5) is 4.79 Å². The largest absolute Gasteiger partial charge is 0.419 e. The minimum Gasteiger partial charge on any atom is -0.410 e. The minimum absolute atomic E-state index is 0.129. The van der Waals surface area contributed by atoms with Crippen molar-refractivity contribution in [1.82, 2.24) is 10.6 Å². The number of ether oxygens (including phenoxy) is 1. The molecule has 2 aromatic rings. The van der Waals surface area contributed by atoms with Crippen LogP contribution in [0, 0.1) is 12.3 Å². The Bertz CT molecular complexity index is 804. The lowest BCUT2D eigenvalue weighted by atomic mass is 10.1. The number of halogens is 2. The van der Waals surface area contributed by atoms with Gasteiger partial charge in [-0.15, -0.1) is 0 Å². The maximum absolute atomic E-state index is 12.0. The topological polar surface area (TPSA) is 91.3 Å². The first kappa shape index (κ1) is 18.8. The first-order chi connectivity index (χ1) is 11.8. The number of carbonyl (C=O) groups excluding carboxylic acids is 2. The highest BCUT2D eigenvalue weighted by Gasteiger charge is 2.14. The molecule has 0 unspecified atom stereocenters. The normalized spacial score (nSPS) is 10.0. The molecule has 6 nitrogen and oxygen atoms in total. The van der Waals surface area contributed by atoms with Crippen molar-refractivity contribution in [3.8, 4) is 5.75 Å². The van der Waals surface area contributed by atoms with Crippen molar-refractivity contribution in [2.45, 2.75) is 13.3 Å². The van der Waals surface area contributed by atoms with E-state index < -0.39 is 18.0 Å². The number of carbonyl (C=O) groups is 2. The Balaban J connectivity index is 1.87. The summed E-state index contributed by atoms with van der Waals surface area (Å²) < 4.78 is 5.02. The summed E-state index contributed by atoms with van der Waals surface area (Å²) in [5.74, 6) is -0.721. The third-order valence-electron chi connectivity index (χ3n) is 3.09. The Morgan fingerprint density at radius 1 is 1.08 bits per heavy atom. The van der Waals surface area contributed by atoms with E-state index in [1.54, 1.807) is 36.4 Å². The van der Waals surface area contributed by atoms with Crippen molar-refractivity contribution in [1.29, 1.82) is 5.41 Å². The number of rotatable bonds is 3. The smallest absolute Gasteiger partial charge is 0.410 e. The molecule has 0 aliphatic heterocycles. The number of aryl methyl sites for hydroxylation is 1. The van der Waals surface area contributed by atoms with E-state index in [1.165, 1.54) is 0 Å². The fraction of sp³-hybridized carbons (Fsp3) is 0.118. The number of amides is 2. The van der Waals surface area contributed by atoms with Crippen molar-refractivity contribution >= 4 is 41.2 Å². The number of guanidine groups is 1. The summed E-state index contributed by atoms with van der Waals surface area (Å²) in [5.41, 5.74) is 1.36. The van der Waals surface area contributed by atoms with Crippen LogP contribution >= 0.6 is 23.2 Å². The maximum Gasteiger partial charge on any atom is 0.419 e. The highest BCUT2D eigenvalue weighted by molar-refractivity contribution is 6.36. The minimum atomic E-state index is -0.883. The van der Waals surface area contributed by atoms with Gasteiger partial charge in [-0.25, -0.2) is 4.79 Å². The molecule has 0 aliphatic carbocycles. The number of hydrogen-bond acceptors (Lipinski definition) is 4. The fourth-order valence-corrected chi connectivity index (χ4v) is 2.52. The van der Waals surface area contributed by atoms with Gasteiger partial charge in [0.25, 0.3) is 0 Å². The Kier molecular flexibility index (Phi) is 6.38. The van der Waals surface area contributed by atoms with Crippen molar-refractivity contribution in [2.75, 3.05) is 0 Å². The number of nitrogens with one attached hydrogen (secondary N) is 3. The summed E-state index contributed by atoms with van der Waals surface area (Å²) in [6, 6.07) is 11.7. The van der Waals surface area contributed by atoms with Gasteiger partial charge < -0.3 is 4.74 Å². The lowest BCUT2D eigenvalue weighted by Crippen LogP contribution is -2.44. The molecule has 0 saturated heterocycles. The van der Waals surface area contributed by atoms with Crippen LogP contribution in [0.5, 0.6) is 5.75 Å². The first-order valence-corrected chi connectivity index (χ1v) is 7.97. The van der Waals surface area contributed by atoms with Crippen LogP contribution < -0.4 is 15.4 Å². The molecule has 0 atom stereocenters. The summed E-state index contributed by atoms with van der Waals surface area (Å²) >= 11 is 12.0. The van der Waals surface area contributed by atoms with Gasteiger partial charge in [-0.05, 0) is 42.3 Å². The molecule has 8 heteroatoms. The van der Waals surface area contributed by atoms with Gasteiger partial charge in [0.2, 0.25) is 11.9 Å². The van der Waals surface area contributed by atoms with E-state index in [-0.39, 0.29) is 6.42 Å². The van der Waals surface area contributed by atoms with Crippen molar-refractivity contribution < 1.29 is 14.3 Å². The van der Waals surface area contributed by atoms with Gasteiger partial charge >= 0.3 is 6.09 Å². The summed E-state index contributed by atoms with van der Waals surface area (Å²) in [6.07, 6.45) is -1.01. The van der Waals surface area contributed by atoms with E-state index in [2.05, 4.69) is 10.6 Å². The molecule has 2 amide bonds. The van der Waals surface area contributed by atoms with Gasteiger partial charge in [-0.2, -0.15) is 0 Å². The molecule has 0 heterocycles. The lowest BCUT2D eigenvalue weighted by molar-refractivity contribution is -0.119. The zero-order valence-corrected chi connectivity index (χ0v) is 14.7. The van der Waals surface area contributed by atoms with E-state index in [0.29, 0.717) is 21.4 Å². The van der Waals surface area contributed by atoms with Crippen molar-refractivity contribution in [3.05, 3.63) is 63.6 Å². The van der Waals surface area contributed by atoms with Crippen molar-refractivity contribution in [2.24, 2.45) is 0 Å². The predicted octanol–water partition coefficient (Wildman–Crippen LogP) is 3.68. The van der Waals surface area contributed by atoms with Crippen LogP contribution in [0.25, 0.3) is 0 Å². The SMILES string of the molecule is Cc1cccc(OC(=O)NC(=N)NC(=O)Cc2c(Cl)cccc2Cl)c1. The Morgan fingerprint density at radius 2 is 1.72 bits per heavy atom. The predicted molar refractivity (Wildman–Crippen MR) is 96.4 cm³/mol.